The number of nitrogen functional groups attached to an aromatic ring is 1. The van der Waals surface area contributed by atoms with E-state index >= 15 is 0 Å². The summed E-state index contributed by atoms with van der Waals surface area (Å²) in [6.07, 6.45) is 0. The van der Waals surface area contributed by atoms with Crippen LogP contribution in [0.2, 0.25) is 0 Å². The molecule has 0 atom stereocenters. The minimum Gasteiger partial charge on any atom is -0.497 e. The lowest BCUT2D eigenvalue weighted by Crippen LogP contribution is -1.96. The lowest BCUT2D eigenvalue weighted by molar-refractivity contribution is 0.411. The summed E-state index contributed by atoms with van der Waals surface area (Å²) in [7, 11) is 1.38. The van der Waals surface area contributed by atoms with Crippen molar-refractivity contribution in [2.45, 2.75) is 0 Å². The zero-order chi connectivity index (χ0) is 13.3. The molecule has 0 fully saturated rings. The second-order valence-corrected chi connectivity index (χ2v) is 3.73. The van der Waals surface area contributed by atoms with Crippen LogP contribution in [0.15, 0.2) is 30.3 Å². The van der Waals surface area contributed by atoms with Crippen molar-refractivity contribution in [3.05, 3.63) is 47.8 Å². The fourth-order valence-corrected chi connectivity index (χ4v) is 1.60. The molecule has 0 radical (unpaired) electrons. The monoisotopic (exact) mass is 253 g/mol. The van der Waals surface area contributed by atoms with E-state index in [0.717, 1.165) is 18.2 Å². The van der Waals surface area contributed by atoms with Gasteiger partial charge in [-0.15, -0.1) is 0 Å². The Morgan fingerprint density at radius 1 is 0.889 bits per heavy atom. The standard InChI is InChI=1S/C13H10F3NO/c1-18-10-3-7(2-9(14)6-10)8-4-11(15)13(17)12(16)5-8/h2-6H,17H2,1H3. The van der Waals surface area contributed by atoms with E-state index in [-0.39, 0.29) is 11.3 Å². The van der Waals surface area contributed by atoms with Crippen LogP contribution in [0.1, 0.15) is 0 Å². The van der Waals surface area contributed by atoms with E-state index in [1.165, 1.54) is 19.2 Å². The summed E-state index contributed by atoms with van der Waals surface area (Å²) < 4.78 is 44.8. The molecular formula is C13H10F3NO. The zero-order valence-corrected chi connectivity index (χ0v) is 9.51. The Labute approximate surface area is 102 Å². The number of methoxy groups -OCH3 is 1. The molecule has 2 nitrogen and oxygen atoms in total. The SMILES string of the molecule is COc1cc(F)cc(-c2cc(F)c(N)c(F)c2)c1. The van der Waals surface area contributed by atoms with Crippen LogP contribution in [0.3, 0.4) is 0 Å². The average molecular weight is 253 g/mol. The third-order valence-electron chi connectivity index (χ3n) is 2.52. The Morgan fingerprint density at radius 3 is 2.00 bits per heavy atom. The number of ether oxygens (including phenoxy) is 1. The topological polar surface area (TPSA) is 35.2 Å². The Morgan fingerprint density at radius 2 is 1.44 bits per heavy atom. The Hall–Kier alpha value is -2.17. The van der Waals surface area contributed by atoms with Gasteiger partial charge in [-0.3, -0.25) is 0 Å². The first-order valence-electron chi connectivity index (χ1n) is 5.10. The van der Waals surface area contributed by atoms with Gasteiger partial charge in [-0.05, 0) is 35.4 Å². The Kier molecular flexibility index (Phi) is 3.14. The number of hydrogen-bond donors (Lipinski definition) is 1. The molecular weight excluding hydrogens is 243 g/mol. The van der Waals surface area contributed by atoms with Gasteiger partial charge in [0, 0.05) is 6.07 Å². The van der Waals surface area contributed by atoms with Crippen molar-refractivity contribution in [1.82, 2.24) is 0 Å². The molecule has 0 aliphatic heterocycles. The van der Waals surface area contributed by atoms with E-state index in [1.54, 1.807) is 0 Å². The molecule has 0 aliphatic carbocycles. The van der Waals surface area contributed by atoms with Gasteiger partial charge >= 0.3 is 0 Å². The van der Waals surface area contributed by atoms with E-state index in [9.17, 15) is 13.2 Å². The fourth-order valence-electron chi connectivity index (χ4n) is 1.60. The van der Waals surface area contributed by atoms with Crippen LogP contribution in [0.25, 0.3) is 11.1 Å². The lowest BCUT2D eigenvalue weighted by atomic mass is 10.0. The van der Waals surface area contributed by atoms with Crippen molar-refractivity contribution in [3.8, 4) is 16.9 Å². The minimum absolute atomic E-state index is 0.192. The van der Waals surface area contributed by atoms with Gasteiger partial charge in [0.25, 0.3) is 0 Å². The van der Waals surface area contributed by atoms with Crippen LogP contribution < -0.4 is 10.5 Å². The average Bonchev–Trinajstić information content (AvgIpc) is 2.34. The molecule has 0 spiro atoms. The van der Waals surface area contributed by atoms with Gasteiger partial charge in [0.1, 0.15) is 28.9 Å². The van der Waals surface area contributed by atoms with E-state index in [2.05, 4.69) is 0 Å². The van der Waals surface area contributed by atoms with Crippen molar-refractivity contribution in [2.75, 3.05) is 12.8 Å². The van der Waals surface area contributed by atoms with Crippen LogP contribution in [0, 0.1) is 17.5 Å². The molecule has 2 aromatic carbocycles. The summed E-state index contributed by atoms with van der Waals surface area (Å²) in [5.41, 5.74) is 5.11. The maximum absolute atomic E-state index is 13.3. The van der Waals surface area contributed by atoms with Crippen LogP contribution in [0.4, 0.5) is 18.9 Å². The maximum atomic E-state index is 13.3. The fraction of sp³-hybridized carbons (Fsp3) is 0.0769. The largest absolute Gasteiger partial charge is 0.497 e. The molecule has 0 saturated heterocycles. The quantitative estimate of drug-likeness (QED) is 0.833. The Balaban J connectivity index is 2.58. The summed E-state index contributed by atoms with van der Waals surface area (Å²) in [4.78, 5) is 0. The summed E-state index contributed by atoms with van der Waals surface area (Å²) in [6.45, 7) is 0. The second kappa shape index (κ2) is 4.60. The molecule has 0 aliphatic rings. The third kappa shape index (κ3) is 2.25. The van der Waals surface area contributed by atoms with Gasteiger partial charge in [0.2, 0.25) is 0 Å². The van der Waals surface area contributed by atoms with Crippen LogP contribution >= 0.6 is 0 Å². The molecule has 0 saturated carbocycles. The number of halogens is 3. The Bertz CT molecular complexity index is 576. The molecule has 0 heterocycles. The van der Waals surface area contributed by atoms with Crippen LogP contribution in [-0.4, -0.2) is 7.11 Å². The highest BCUT2D eigenvalue weighted by Gasteiger charge is 2.10. The van der Waals surface area contributed by atoms with Crippen LogP contribution in [-0.2, 0) is 0 Å². The number of benzene rings is 2. The van der Waals surface area contributed by atoms with Gasteiger partial charge < -0.3 is 10.5 Å². The molecule has 2 aromatic rings. The van der Waals surface area contributed by atoms with Gasteiger partial charge in [-0.25, -0.2) is 13.2 Å². The molecule has 0 unspecified atom stereocenters. The summed E-state index contributed by atoms with van der Waals surface area (Å²) in [5.74, 6) is -2.05. The predicted octanol–water partition coefficient (Wildman–Crippen LogP) is 3.36. The normalized spacial score (nSPS) is 10.4. The second-order valence-electron chi connectivity index (χ2n) is 3.73. The van der Waals surface area contributed by atoms with Gasteiger partial charge in [0.05, 0.1) is 7.11 Å². The van der Waals surface area contributed by atoms with Gasteiger partial charge in [-0.2, -0.15) is 0 Å². The number of hydrogen-bond acceptors (Lipinski definition) is 2. The van der Waals surface area contributed by atoms with Crippen molar-refractivity contribution in [1.29, 1.82) is 0 Å². The van der Waals surface area contributed by atoms with Crippen molar-refractivity contribution in [2.24, 2.45) is 0 Å². The molecule has 0 amide bonds. The summed E-state index contributed by atoms with van der Waals surface area (Å²) >= 11 is 0. The lowest BCUT2D eigenvalue weighted by Gasteiger charge is -2.07. The van der Waals surface area contributed by atoms with E-state index in [1.807, 2.05) is 0 Å². The summed E-state index contributed by atoms with van der Waals surface area (Å²) in [6, 6.07) is 5.91. The summed E-state index contributed by atoms with van der Waals surface area (Å²) in [5, 5.41) is 0. The number of anilines is 1. The van der Waals surface area contributed by atoms with Gasteiger partial charge in [-0.1, -0.05) is 0 Å². The maximum Gasteiger partial charge on any atom is 0.149 e. The highest BCUT2D eigenvalue weighted by atomic mass is 19.1. The number of nitrogens with two attached hydrogens (primary N) is 1. The molecule has 94 valence electrons. The first-order valence-corrected chi connectivity index (χ1v) is 5.10. The molecule has 2 rings (SSSR count). The van der Waals surface area contributed by atoms with E-state index < -0.39 is 23.1 Å². The predicted molar refractivity (Wildman–Crippen MR) is 62.7 cm³/mol. The van der Waals surface area contributed by atoms with E-state index in [0.29, 0.717) is 5.56 Å². The number of rotatable bonds is 2. The third-order valence-corrected chi connectivity index (χ3v) is 2.52. The van der Waals surface area contributed by atoms with Crippen molar-refractivity contribution < 1.29 is 17.9 Å². The van der Waals surface area contributed by atoms with Crippen LogP contribution in [0.5, 0.6) is 5.75 Å². The molecule has 5 heteroatoms. The smallest absolute Gasteiger partial charge is 0.149 e. The van der Waals surface area contributed by atoms with Crippen molar-refractivity contribution >= 4 is 5.69 Å². The highest BCUT2D eigenvalue weighted by Crippen LogP contribution is 2.29. The van der Waals surface area contributed by atoms with Gasteiger partial charge in [0.15, 0.2) is 0 Å². The molecule has 2 N–H and O–H groups in total. The highest BCUT2D eigenvalue weighted by molar-refractivity contribution is 5.67. The zero-order valence-electron chi connectivity index (χ0n) is 9.51. The first-order chi connectivity index (χ1) is 8.51. The first kappa shape index (κ1) is 12.3. The molecule has 18 heavy (non-hydrogen) atoms. The van der Waals surface area contributed by atoms with Crippen molar-refractivity contribution in [3.63, 3.8) is 0 Å². The minimum atomic E-state index is -0.881. The molecule has 0 bridgehead atoms. The van der Waals surface area contributed by atoms with E-state index in [4.69, 9.17) is 10.5 Å². The molecule has 0 aromatic heterocycles.